The average molecular weight is 272 g/mol. The highest BCUT2D eigenvalue weighted by Crippen LogP contribution is 2.45. The molecule has 0 fully saturated rings. The number of phenols is 1. The van der Waals surface area contributed by atoms with E-state index < -0.39 is 0 Å². The summed E-state index contributed by atoms with van der Waals surface area (Å²) in [6, 6.07) is 20.9. The van der Waals surface area contributed by atoms with Crippen LogP contribution < -0.4 is 0 Å². The van der Waals surface area contributed by atoms with Crippen LogP contribution in [0.5, 0.6) is 5.75 Å². The van der Waals surface area contributed by atoms with Gasteiger partial charge in [-0.05, 0) is 46.7 Å². The lowest BCUT2D eigenvalue weighted by molar-refractivity contribution is 0.473. The molecule has 0 bridgehead atoms. The van der Waals surface area contributed by atoms with Gasteiger partial charge in [0, 0.05) is 5.56 Å². The third-order valence-corrected chi connectivity index (χ3v) is 4.35. The van der Waals surface area contributed by atoms with Gasteiger partial charge in [0.15, 0.2) is 0 Å². The van der Waals surface area contributed by atoms with Crippen LogP contribution in [0.15, 0.2) is 60.7 Å². The first kappa shape index (κ1) is 12.2. The van der Waals surface area contributed by atoms with Crippen LogP contribution >= 0.6 is 0 Å². The molecule has 1 aliphatic carbocycles. The fourth-order valence-electron chi connectivity index (χ4n) is 3.29. The van der Waals surface area contributed by atoms with Gasteiger partial charge in [-0.1, -0.05) is 60.7 Å². The smallest absolute Gasteiger partial charge is 0.126 e. The highest BCUT2D eigenvalue weighted by molar-refractivity contribution is 5.92. The molecule has 0 unspecified atom stereocenters. The van der Waals surface area contributed by atoms with Crippen LogP contribution in [0.3, 0.4) is 0 Å². The normalized spacial score (nSPS) is 12.0. The molecule has 0 radical (unpaired) electrons. The number of aryl methyl sites for hydroxylation is 1. The lowest BCUT2D eigenvalue weighted by Gasteiger charge is -2.12. The molecule has 0 spiro atoms. The van der Waals surface area contributed by atoms with Crippen molar-refractivity contribution in [1.29, 1.82) is 0 Å². The maximum atomic E-state index is 10.4. The summed E-state index contributed by atoms with van der Waals surface area (Å²) in [4.78, 5) is 0. The number of phenolic OH excluding ortho intramolecular Hbond substituents is 1. The van der Waals surface area contributed by atoms with Crippen LogP contribution in [0.4, 0.5) is 0 Å². The van der Waals surface area contributed by atoms with Crippen molar-refractivity contribution in [3.05, 3.63) is 77.4 Å². The molecule has 0 aliphatic heterocycles. The predicted octanol–water partition coefficient (Wildman–Crippen LogP) is 4.94. The highest BCUT2D eigenvalue weighted by atomic mass is 16.3. The van der Waals surface area contributed by atoms with Crippen LogP contribution in [-0.4, -0.2) is 5.11 Å². The van der Waals surface area contributed by atoms with E-state index in [1.807, 2.05) is 25.1 Å². The quantitative estimate of drug-likeness (QED) is 0.520. The van der Waals surface area contributed by atoms with E-state index in [0.29, 0.717) is 5.75 Å². The van der Waals surface area contributed by atoms with Crippen molar-refractivity contribution in [2.24, 2.45) is 0 Å². The fourth-order valence-corrected chi connectivity index (χ4v) is 3.29. The molecule has 0 atom stereocenters. The van der Waals surface area contributed by atoms with Gasteiger partial charge < -0.3 is 5.11 Å². The van der Waals surface area contributed by atoms with E-state index in [-0.39, 0.29) is 0 Å². The number of hydrogen-bond acceptors (Lipinski definition) is 1. The largest absolute Gasteiger partial charge is 0.507 e. The maximum Gasteiger partial charge on any atom is 0.126 e. The minimum atomic E-state index is 0.385. The molecular weight excluding hydrogens is 256 g/mol. The monoisotopic (exact) mass is 272 g/mol. The number of para-hydroxylation sites is 1. The second-order valence-corrected chi connectivity index (χ2v) is 5.64. The Labute approximate surface area is 124 Å². The zero-order chi connectivity index (χ0) is 14.4. The summed E-state index contributed by atoms with van der Waals surface area (Å²) in [5, 5.41) is 10.4. The number of aromatic hydroxyl groups is 1. The Morgan fingerprint density at radius 3 is 2.29 bits per heavy atom. The molecule has 21 heavy (non-hydrogen) atoms. The van der Waals surface area contributed by atoms with E-state index in [4.69, 9.17) is 0 Å². The van der Waals surface area contributed by atoms with E-state index in [1.165, 1.54) is 22.3 Å². The van der Waals surface area contributed by atoms with Crippen molar-refractivity contribution < 1.29 is 5.11 Å². The molecule has 1 nitrogen and oxygen atoms in total. The Kier molecular flexibility index (Phi) is 2.61. The number of rotatable bonds is 1. The lowest BCUT2D eigenvalue weighted by atomic mass is 9.93. The first-order valence-corrected chi connectivity index (χ1v) is 7.25. The van der Waals surface area contributed by atoms with Gasteiger partial charge in [0.05, 0.1) is 0 Å². The van der Waals surface area contributed by atoms with Gasteiger partial charge in [-0.3, -0.25) is 0 Å². The van der Waals surface area contributed by atoms with Gasteiger partial charge in [-0.25, -0.2) is 0 Å². The SMILES string of the molecule is Cc1cccc(-c2cccc3c2-c2ccccc2C3)c1O. The van der Waals surface area contributed by atoms with Crippen LogP contribution in [0.1, 0.15) is 16.7 Å². The molecular formula is C20H16O. The van der Waals surface area contributed by atoms with Crippen molar-refractivity contribution in [3.8, 4) is 28.0 Å². The Morgan fingerprint density at radius 1 is 0.714 bits per heavy atom. The summed E-state index contributed by atoms with van der Waals surface area (Å²) in [6.07, 6.45) is 0.978. The van der Waals surface area contributed by atoms with Crippen molar-refractivity contribution in [2.75, 3.05) is 0 Å². The summed E-state index contributed by atoms with van der Waals surface area (Å²) in [6.45, 7) is 1.94. The third-order valence-electron chi connectivity index (χ3n) is 4.35. The van der Waals surface area contributed by atoms with Crippen molar-refractivity contribution in [2.45, 2.75) is 13.3 Å². The lowest BCUT2D eigenvalue weighted by Crippen LogP contribution is -1.87. The summed E-state index contributed by atoms with van der Waals surface area (Å²) >= 11 is 0. The molecule has 0 saturated heterocycles. The number of hydrogen-bond donors (Lipinski definition) is 1. The molecule has 0 amide bonds. The number of benzene rings is 3. The summed E-state index contributed by atoms with van der Waals surface area (Å²) < 4.78 is 0. The summed E-state index contributed by atoms with van der Waals surface area (Å²) in [7, 11) is 0. The molecule has 0 saturated carbocycles. The third kappa shape index (κ3) is 1.78. The first-order valence-electron chi connectivity index (χ1n) is 7.25. The minimum absolute atomic E-state index is 0.385. The van der Waals surface area contributed by atoms with Crippen LogP contribution in [0.2, 0.25) is 0 Å². The van der Waals surface area contributed by atoms with E-state index in [2.05, 4.69) is 42.5 Å². The summed E-state index contributed by atoms with van der Waals surface area (Å²) in [5.74, 6) is 0.385. The van der Waals surface area contributed by atoms with Crippen molar-refractivity contribution in [3.63, 3.8) is 0 Å². The molecule has 3 aromatic carbocycles. The van der Waals surface area contributed by atoms with Crippen molar-refractivity contribution >= 4 is 0 Å². The Hall–Kier alpha value is -2.54. The zero-order valence-electron chi connectivity index (χ0n) is 11.9. The second-order valence-electron chi connectivity index (χ2n) is 5.64. The number of fused-ring (bicyclic) bond motifs is 3. The molecule has 3 aromatic rings. The van der Waals surface area contributed by atoms with Gasteiger partial charge in [0.1, 0.15) is 5.75 Å². The zero-order valence-corrected chi connectivity index (χ0v) is 11.9. The molecule has 1 heteroatoms. The summed E-state index contributed by atoms with van der Waals surface area (Å²) in [5.41, 5.74) is 8.23. The second kappa shape index (κ2) is 4.49. The van der Waals surface area contributed by atoms with Gasteiger partial charge in [-0.15, -0.1) is 0 Å². The topological polar surface area (TPSA) is 20.2 Å². The Morgan fingerprint density at radius 2 is 1.38 bits per heavy atom. The standard InChI is InChI=1S/C20H16O/c1-13-6-4-11-18(20(13)21)17-10-5-8-15-12-14-7-2-3-9-16(14)19(15)17/h2-11,21H,12H2,1H3. The van der Waals surface area contributed by atoms with Crippen LogP contribution in [-0.2, 0) is 6.42 Å². The fraction of sp³-hybridized carbons (Fsp3) is 0.100. The van der Waals surface area contributed by atoms with Crippen molar-refractivity contribution in [1.82, 2.24) is 0 Å². The van der Waals surface area contributed by atoms with Gasteiger partial charge in [0.2, 0.25) is 0 Å². The molecule has 1 aliphatic rings. The van der Waals surface area contributed by atoms with E-state index in [9.17, 15) is 5.11 Å². The molecule has 1 N–H and O–H groups in total. The van der Waals surface area contributed by atoms with E-state index in [1.54, 1.807) is 0 Å². The molecule has 4 rings (SSSR count). The average Bonchev–Trinajstić information content (AvgIpc) is 2.89. The maximum absolute atomic E-state index is 10.4. The molecule has 0 aromatic heterocycles. The van der Waals surface area contributed by atoms with Gasteiger partial charge >= 0.3 is 0 Å². The highest BCUT2D eigenvalue weighted by Gasteiger charge is 2.22. The van der Waals surface area contributed by atoms with Crippen LogP contribution in [0, 0.1) is 6.92 Å². The van der Waals surface area contributed by atoms with Crippen LogP contribution in [0.25, 0.3) is 22.3 Å². The van der Waals surface area contributed by atoms with Gasteiger partial charge in [-0.2, -0.15) is 0 Å². The Balaban J connectivity index is 2.03. The van der Waals surface area contributed by atoms with E-state index >= 15 is 0 Å². The molecule has 0 heterocycles. The minimum Gasteiger partial charge on any atom is -0.507 e. The van der Waals surface area contributed by atoms with E-state index in [0.717, 1.165) is 23.1 Å². The first-order chi connectivity index (χ1) is 10.3. The molecule has 102 valence electrons. The predicted molar refractivity (Wildman–Crippen MR) is 86.5 cm³/mol. The van der Waals surface area contributed by atoms with Gasteiger partial charge in [0.25, 0.3) is 0 Å². The Bertz CT molecular complexity index is 846.